The Labute approximate surface area is 114 Å². The van der Waals surface area contributed by atoms with E-state index in [-0.39, 0.29) is 0 Å². The minimum atomic E-state index is -0.458. The number of imidazole rings is 1. The molecular weight excluding hydrogens is 256 g/mol. The molecule has 0 fully saturated rings. The number of fused-ring (bicyclic) bond motifs is 1. The third-order valence-electron chi connectivity index (χ3n) is 3.22. The highest BCUT2D eigenvalue weighted by atomic mass is 16.2. The number of nitrogens with zero attached hydrogens (tertiary/aromatic N) is 3. The van der Waals surface area contributed by atoms with Crippen molar-refractivity contribution in [3.63, 3.8) is 0 Å². The molecule has 0 aliphatic rings. The number of H-pyrrole nitrogens is 1. The summed E-state index contributed by atoms with van der Waals surface area (Å²) in [4.78, 5) is 29.4. The standard InChI is InChI=1S/C14H14N4O2/c1-9(2)18-8-15-11-7-10(3-4-12(11)18)17-6-5-13(19)16-14(17)20/h3-9H,1-2H3,(H,16,19,20). The van der Waals surface area contributed by atoms with E-state index >= 15 is 0 Å². The minimum Gasteiger partial charge on any atom is -0.328 e. The van der Waals surface area contributed by atoms with Crippen molar-refractivity contribution in [3.05, 3.63) is 57.6 Å². The van der Waals surface area contributed by atoms with Crippen LogP contribution in [0.15, 0.2) is 46.4 Å². The first kappa shape index (κ1) is 12.4. The number of rotatable bonds is 2. The highest BCUT2D eigenvalue weighted by Gasteiger charge is 2.07. The smallest absolute Gasteiger partial charge is 0.328 e. The maximum atomic E-state index is 11.8. The zero-order valence-corrected chi connectivity index (χ0v) is 11.2. The van der Waals surface area contributed by atoms with Gasteiger partial charge in [-0.25, -0.2) is 9.78 Å². The Kier molecular flexibility index (Phi) is 2.78. The summed E-state index contributed by atoms with van der Waals surface area (Å²) < 4.78 is 3.45. The molecule has 2 aromatic heterocycles. The first-order valence-electron chi connectivity index (χ1n) is 6.35. The quantitative estimate of drug-likeness (QED) is 0.766. The van der Waals surface area contributed by atoms with Gasteiger partial charge in [0.25, 0.3) is 5.56 Å². The van der Waals surface area contributed by atoms with Crippen molar-refractivity contribution in [1.29, 1.82) is 0 Å². The molecule has 3 rings (SSSR count). The third-order valence-corrected chi connectivity index (χ3v) is 3.22. The van der Waals surface area contributed by atoms with Gasteiger partial charge >= 0.3 is 5.69 Å². The molecule has 1 aromatic carbocycles. The summed E-state index contributed by atoms with van der Waals surface area (Å²) in [5, 5.41) is 0. The van der Waals surface area contributed by atoms with Crippen molar-refractivity contribution in [1.82, 2.24) is 19.1 Å². The summed E-state index contributed by atoms with van der Waals surface area (Å²) in [5.74, 6) is 0. The Morgan fingerprint density at radius 3 is 2.70 bits per heavy atom. The first-order chi connectivity index (χ1) is 9.56. The normalized spacial score (nSPS) is 11.3. The van der Waals surface area contributed by atoms with E-state index in [1.807, 2.05) is 18.2 Å². The van der Waals surface area contributed by atoms with Gasteiger partial charge < -0.3 is 4.57 Å². The zero-order chi connectivity index (χ0) is 14.3. The number of hydrogen-bond donors (Lipinski definition) is 1. The van der Waals surface area contributed by atoms with Crippen molar-refractivity contribution < 1.29 is 0 Å². The molecule has 0 saturated carbocycles. The molecule has 0 aliphatic heterocycles. The lowest BCUT2D eigenvalue weighted by atomic mass is 10.2. The lowest BCUT2D eigenvalue weighted by Crippen LogP contribution is -2.27. The van der Waals surface area contributed by atoms with Gasteiger partial charge in [0.05, 0.1) is 23.0 Å². The van der Waals surface area contributed by atoms with Gasteiger partial charge in [-0.15, -0.1) is 0 Å². The van der Waals surface area contributed by atoms with Crippen molar-refractivity contribution >= 4 is 11.0 Å². The average molecular weight is 270 g/mol. The van der Waals surface area contributed by atoms with E-state index in [0.717, 1.165) is 11.0 Å². The molecule has 0 bridgehead atoms. The second-order valence-electron chi connectivity index (χ2n) is 4.90. The Bertz CT molecular complexity index is 886. The average Bonchev–Trinajstić information content (AvgIpc) is 2.81. The molecule has 102 valence electrons. The number of nitrogens with one attached hydrogen (secondary N) is 1. The third kappa shape index (κ3) is 1.95. The molecular formula is C14H14N4O2. The summed E-state index contributed by atoms with van der Waals surface area (Å²) in [6.45, 7) is 4.17. The van der Waals surface area contributed by atoms with Crippen LogP contribution in [0.3, 0.4) is 0 Å². The second-order valence-corrected chi connectivity index (χ2v) is 4.90. The Morgan fingerprint density at radius 2 is 2.00 bits per heavy atom. The van der Waals surface area contributed by atoms with Gasteiger partial charge in [0, 0.05) is 18.3 Å². The molecule has 0 aliphatic carbocycles. The fraction of sp³-hybridized carbons (Fsp3) is 0.214. The van der Waals surface area contributed by atoms with Crippen LogP contribution in [0.2, 0.25) is 0 Å². The van der Waals surface area contributed by atoms with E-state index in [9.17, 15) is 9.59 Å². The molecule has 0 saturated heterocycles. The Hall–Kier alpha value is -2.63. The largest absolute Gasteiger partial charge is 0.332 e. The topological polar surface area (TPSA) is 72.7 Å². The van der Waals surface area contributed by atoms with Gasteiger partial charge in [-0.2, -0.15) is 0 Å². The Morgan fingerprint density at radius 1 is 1.20 bits per heavy atom. The van der Waals surface area contributed by atoms with E-state index in [0.29, 0.717) is 11.7 Å². The minimum absolute atomic E-state index is 0.321. The number of aromatic amines is 1. The van der Waals surface area contributed by atoms with Crippen molar-refractivity contribution in [2.45, 2.75) is 19.9 Å². The van der Waals surface area contributed by atoms with Crippen molar-refractivity contribution in [2.75, 3.05) is 0 Å². The molecule has 0 spiro atoms. The van der Waals surface area contributed by atoms with Crippen LogP contribution in [0, 0.1) is 0 Å². The fourth-order valence-electron chi connectivity index (χ4n) is 2.20. The van der Waals surface area contributed by atoms with E-state index < -0.39 is 11.2 Å². The van der Waals surface area contributed by atoms with Gasteiger partial charge in [-0.1, -0.05) is 0 Å². The lowest BCUT2D eigenvalue weighted by molar-refractivity contribution is 0.617. The van der Waals surface area contributed by atoms with E-state index in [1.54, 1.807) is 6.33 Å². The van der Waals surface area contributed by atoms with Crippen LogP contribution < -0.4 is 11.2 Å². The first-order valence-corrected chi connectivity index (χ1v) is 6.35. The van der Waals surface area contributed by atoms with Crippen LogP contribution >= 0.6 is 0 Å². The summed E-state index contributed by atoms with van der Waals surface area (Å²) in [7, 11) is 0. The highest BCUT2D eigenvalue weighted by Crippen LogP contribution is 2.19. The van der Waals surface area contributed by atoms with Gasteiger partial charge in [-0.3, -0.25) is 14.3 Å². The van der Waals surface area contributed by atoms with Crippen molar-refractivity contribution in [2.24, 2.45) is 0 Å². The maximum absolute atomic E-state index is 11.8. The zero-order valence-electron chi connectivity index (χ0n) is 11.2. The Balaban J connectivity index is 2.19. The number of hydrogen-bond acceptors (Lipinski definition) is 3. The van der Waals surface area contributed by atoms with Crippen LogP contribution in [-0.4, -0.2) is 19.1 Å². The SMILES string of the molecule is CC(C)n1cnc2cc(-n3ccc(=O)[nH]c3=O)ccc21. The molecule has 0 unspecified atom stereocenters. The van der Waals surface area contributed by atoms with Crippen LogP contribution in [0.1, 0.15) is 19.9 Å². The van der Waals surface area contributed by atoms with Gasteiger partial charge in [0.2, 0.25) is 0 Å². The van der Waals surface area contributed by atoms with E-state index in [2.05, 4.69) is 28.4 Å². The molecule has 6 heteroatoms. The van der Waals surface area contributed by atoms with E-state index in [4.69, 9.17) is 0 Å². The van der Waals surface area contributed by atoms with Gasteiger partial charge in [0.1, 0.15) is 0 Å². The predicted molar refractivity (Wildman–Crippen MR) is 76.3 cm³/mol. The molecule has 6 nitrogen and oxygen atoms in total. The molecule has 0 atom stereocenters. The molecule has 0 amide bonds. The monoisotopic (exact) mass is 270 g/mol. The molecule has 3 aromatic rings. The van der Waals surface area contributed by atoms with Gasteiger partial charge in [-0.05, 0) is 32.0 Å². The van der Waals surface area contributed by atoms with Crippen LogP contribution in [-0.2, 0) is 0 Å². The summed E-state index contributed by atoms with van der Waals surface area (Å²) in [5.41, 5.74) is 1.64. The second kappa shape index (κ2) is 4.48. The van der Waals surface area contributed by atoms with Crippen LogP contribution in [0.25, 0.3) is 16.7 Å². The highest BCUT2D eigenvalue weighted by molar-refractivity contribution is 5.77. The summed E-state index contributed by atoms with van der Waals surface area (Å²) >= 11 is 0. The van der Waals surface area contributed by atoms with E-state index in [1.165, 1.54) is 16.8 Å². The fourth-order valence-corrected chi connectivity index (χ4v) is 2.20. The molecule has 1 N–H and O–H groups in total. The molecule has 0 radical (unpaired) electrons. The predicted octanol–water partition coefficient (Wildman–Crippen LogP) is 1.46. The maximum Gasteiger partial charge on any atom is 0.332 e. The number of benzene rings is 1. The molecule has 20 heavy (non-hydrogen) atoms. The summed E-state index contributed by atoms with van der Waals surface area (Å²) in [6.07, 6.45) is 3.25. The summed E-state index contributed by atoms with van der Waals surface area (Å²) in [6, 6.07) is 7.23. The van der Waals surface area contributed by atoms with Crippen LogP contribution in [0.5, 0.6) is 0 Å². The number of aromatic nitrogens is 4. The van der Waals surface area contributed by atoms with Gasteiger partial charge in [0.15, 0.2) is 0 Å². The van der Waals surface area contributed by atoms with Crippen molar-refractivity contribution in [3.8, 4) is 5.69 Å². The molecule has 2 heterocycles. The lowest BCUT2D eigenvalue weighted by Gasteiger charge is -2.08. The van der Waals surface area contributed by atoms with Crippen LogP contribution in [0.4, 0.5) is 0 Å².